The lowest BCUT2D eigenvalue weighted by Crippen LogP contribution is -2.35. The maximum Gasteiger partial charge on any atom is 0.288 e. The lowest BCUT2D eigenvalue weighted by atomic mass is 9.95. The van der Waals surface area contributed by atoms with Crippen LogP contribution >= 0.6 is 0 Å². The Balaban J connectivity index is 1.66. The van der Waals surface area contributed by atoms with Crippen LogP contribution in [0.1, 0.15) is 18.6 Å². The van der Waals surface area contributed by atoms with Crippen molar-refractivity contribution in [3.8, 4) is 5.75 Å². The second-order valence-electron chi connectivity index (χ2n) is 5.65. The first-order valence-electron chi connectivity index (χ1n) is 7.44. The fourth-order valence-electron chi connectivity index (χ4n) is 3.02. The molecule has 116 valence electrons. The van der Waals surface area contributed by atoms with Gasteiger partial charge in [0.05, 0.1) is 18.5 Å². The van der Waals surface area contributed by atoms with E-state index in [1.165, 1.54) is 5.01 Å². The van der Waals surface area contributed by atoms with Crippen LogP contribution in [0.5, 0.6) is 5.75 Å². The van der Waals surface area contributed by atoms with Crippen molar-refractivity contribution >= 4 is 17.3 Å². The molecule has 2 aromatic rings. The molecule has 1 spiro atoms. The van der Waals surface area contributed by atoms with Gasteiger partial charge in [-0.2, -0.15) is 10.1 Å². The summed E-state index contributed by atoms with van der Waals surface area (Å²) in [6, 6.07) is 17.0. The van der Waals surface area contributed by atoms with E-state index in [-0.39, 0.29) is 12.0 Å². The Morgan fingerprint density at radius 3 is 2.70 bits per heavy atom. The average Bonchev–Trinajstić information content (AvgIpc) is 3.31. The van der Waals surface area contributed by atoms with Gasteiger partial charge in [0, 0.05) is 0 Å². The van der Waals surface area contributed by atoms with Gasteiger partial charge in [-0.05, 0) is 36.8 Å². The number of benzene rings is 2. The Kier molecular flexibility index (Phi) is 2.99. The highest BCUT2D eigenvalue weighted by Crippen LogP contribution is 2.54. The van der Waals surface area contributed by atoms with Crippen molar-refractivity contribution in [1.29, 1.82) is 0 Å². The van der Waals surface area contributed by atoms with E-state index >= 15 is 0 Å². The maximum absolute atomic E-state index is 12.9. The quantitative estimate of drug-likeness (QED) is 0.819. The molecule has 2 aliphatic heterocycles. The van der Waals surface area contributed by atoms with Gasteiger partial charge in [0.15, 0.2) is 0 Å². The van der Waals surface area contributed by atoms with Gasteiger partial charge in [-0.25, -0.2) is 0 Å². The lowest BCUT2D eigenvalue weighted by Gasteiger charge is -2.12. The molecule has 23 heavy (non-hydrogen) atoms. The number of hydrogen-bond acceptors (Lipinski definition) is 4. The van der Waals surface area contributed by atoms with E-state index in [0.717, 1.165) is 17.0 Å². The second kappa shape index (κ2) is 4.93. The lowest BCUT2D eigenvalue weighted by molar-refractivity contribution is -0.120. The summed E-state index contributed by atoms with van der Waals surface area (Å²) in [4.78, 5) is 12.9. The van der Waals surface area contributed by atoms with Crippen molar-refractivity contribution in [2.75, 3.05) is 12.1 Å². The summed E-state index contributed by atoms with van der Waals surface area (Å²) in [6.07, 6.45) is -0.317. The number of rotatable bonds is 3. The van der Waals surface area contributed by atoms with Gasteiger partial charge in [-0.1, -0.05) is 30.3 Å². The number of carbonyl (C=O) groups is 1. The molecule has 0 unspecified atom stereocenters. The summed E-state index contributed by atoms with van der Waals surface area (Å²) in [7, 11) is 1.62. The van der Waals surface area contributed by atoms with Crippen molar-refractivity contribution in [3.05, 3.63) is 60.2 Å². The molecule has 0 aliphatic carbocycles. The van der Waals surface area contributed by atoms with Crippen LogP contribution < -0.4 is 9.75 Å². The number of hydrazone groups is 1. The summed E-state index contributed by atoms with van der Waals surface area (Å²) < 4.78 is 11.1. The standard InChI is InChI=1S/C18H16N2O3/c1-12-18(16(23-18)13-7-6-10-15(11-13)22-2)17(21)20(19-12)14-8-4-3-5-9-14/h3-11,16H,1-2H3/t16-,18+/m1/s1. The van der Waals surface area contributed by atoms with Crippen LogP contribution in [0, 0.1) is 0 Å². The molecular weight excluding hydrogens is 292 g/mol. The Morgan fingerprint density at radius 2 is 1.96 bits per heavy atom. The minimum absolute atomic E-state index is 0.144. The van der Waals surface area contributed by atoms with Crippen molar-refractivity contribution < 1.29 is 14.3 Å². The molecule has 1 amide bonds. The normalized spacial score (nSPS) is 25.7. The molecule has 0 bridgehead atoms. The molecule has 1 fully saturated rings. The smallest absolute Gasteiger partial charge is 0.288 e. The van der Waals surface area contributed by atoms with Crippen LogP contribution in [0.4, 0.5) is 5.69 Å². The van der Waals surface area contributed by atoms with Gasteiger partial charge < -0.3 is 9.47 Å². The zero-order valence-corrected chi connectivity index (χ0v) is 12.9. The fraction of sp³-hybridized carbons (Fsp3) is 0.222. The van der Waals surface area contributed by atoms with Crippen LogP contribution in [0.3, 0.4) is 0 Å². The first-order chi connectivity index (χ1) is 11.2. The van der Waals surface area contributed by atoms with E-state index in [9.17, 15) is 4.79 Å². The minimum Gasteiger partial charge on any atom is -0.497 e. The van der Waals surface area contributed by atoms with Gasteiger partial charge in [-0.3, -0.25) is 4.79 Å². The topological polar surface area (TPSA) is 54.4 Å². The predicted octanol–water partition coefficient (Wildman–Crippen LogP) is 2.93. The van der Waals surface area contributed by atoms with Crippen molar-refractivity contribution in [3.63, 3.8) is 0 Å². The number of epoxide rings is 1. The zero-order valence-electron chi connectivity index (χ0n) is 12.9. The molecule has 0 N–H and O–H groups in total. The van der Waals surface area contributed by atoms with Gasteiger partial charge in [-0.15, -0.1) is 0 Å². The summed E-state index contributed by atoms with van der Waals surface area (Å²) in [5, 5.41) is 5.84. The largest absolute Gasteiger partial charge is 0.497 e. The summed E-state index contributed by atoms with van der Waals surface area (Å²) in [5.41, 5.74) is 1.37. The molecule has 2 aliphatic rings. The van der Waals surface area contributed by atoms with Gasteiger partial charge in [0.2, 0.25) is 5.60 Å². The van der Waals surface area contributed by atoms with Crippen LogP contribution in [0.2, 0.25) is 0 Å². The van der Waals surface area contributed by atoms with E-state index in [2.05, 4.69) is 5.10 Å². The third-order valence-corrected chi connectivity index (χ3v) is 4.31. The number of carbonyl (C=O) groups excluding carboxylic acids is 1. The highest BCUT2D eigenvalue weighted by molar-refractivity contribution is 6.24. The van der Waals surface area contributed by atoms with Gasteiger partial charge >= 0.3 is 0 Å². The van der Waals surface area contributed by atoms with Crippen molar-refractivity contribution in [2.24, 2.45) is 5.10 Å². The molecule has 4 rings (SSSR count). The monoisotopic (exact) mass is 308 g/mol. The Bertz CT molecular complexity index is 803. The number of ether oxygens (including phenoxy) is 2. The molecule has 0 radical (unpaired) electrons. The Labute approximate surface area is 134 Å². The second-order valence-corrected chi connectivity index (χ2v) is 5.65. The number of amides is 1. The fourth-order valence-corrected chi connectivity index (χ4v) is 3.02. The van der Waals surface area contributed by atoms with Crippen LogP contribution in [-0.4, -0.2) is 24.3 Å². The van der Waals surface area contributed by atoms with Crippen molar-refractivity contribution in [2.45, 2.75) is 18.6 Å². The van der Waals surface area contributed by atoms with E-state index in [1.54, 1.807) is 7.11 Å². The zero-order chi connectivity index (χ0) is 16.0. The minimum atomic E-state index is -0.970. The summed E-state index contributed by atoms with van der Waals surface area (Å²) in [5.74, 6) is 0.599. The number of para-hydroxylation sites is 1. The van der Waals surface area contributed by atoms with Crippen molar-refractivity contribution in [1.82, 2.24) is 0 Å². The van der Waals surface area contributed by atoms with E-state index in [1.807, 2.05) is 61.5 Å². The van der Waals surface area contributed by atoms with Crippen LogP contribution in [0.25, 0.3) is 0 Å². The number of anilines is 1. The number of hydrogen-bond donors (Lipinski definition) is 0. The van der Waals surface area contributed by atoms with E-state index < -0.39 is 5.60 Å². The van der Waals surface area contributed by atoms with E-state index in [0.29, 0.717) is 5.71 Å². The maximum atomic E-state index is 12.9. The molecule has 2 aromatic carbocycles. The molecule has 5 heteroatoms. The average molecular weight is 308 g/mol. The SMILES string of the molecule is COc1cccc([C@H]2O[C@]23C(=O)N(c2ccccc2)N=C3C)c1. The highest BCUT2D eigenvalue weighted by atomic mass is 16.6. The molecule has 0 saturated carbocycles. The molecule has 5 nitrogen and oxygen atoms in total. The molecular formula is C18H16N2O3. The van der Waals surface area contributed by atoms with E-state index in [4.69, 9.17) is 9.47 Å². The Morgan fingerprint density at radius 1 is 1.17 bits per heavy atom. The van der Waals surface area contributed by atoms with Crippen LogP contribution in [0.15, 0.2) is 59.7 Å². The highest BCUT2D eigenvalue weighted by Gasteiger charge is 2.70. The first-order valence-corrected chi connectivity index (χ1v) is 7.44. The summed E-state index contributed by atoms with van der Waals surface area (Å²) in [6.45, 7) is 1.83. The third-order valence-electron chi connectivity index (χ3n) is 4.31. The number of methoxy groups -OCH3 is 1. The third kappa shape index (κ3) is 1.97. The summed E-state index contributed by atoms with van der Waals surface area (Å²) >= 11 is 0. The molecule has 1 saturated heterocycles. The number of nitrogens with zero attached hydrogens (tertiary/aromatic N) is 2. The predicted molar refractivity (Wildman–Crippen MR) is 86.6 cm³/mol. The van der Waals surface area contributed by atoms with Gasteiger partial charge in [0.25, 0.3) is 5.91 Å². The van der Waals surface area contributed by atoms with Gasteiger partial charge in [0.1, 0.15) is 11.9 Å². The van der Waals surface area contributed by atoms with Crippen LogP contribution in [-0.2, 0) is 9.53 Å². The molecule has 0 aromatic heterocycles. The Hall–Kier alpha value is -2.66. The molecule has 2 heterocycles. The first kappa shape index (κ1) is 14.0. The molecule has 2 atom stereocenters.